The average molecular weight is 235 g/mol. The van der Waals surface area contributed by atoms with Crippen LogP contribution in [0.3, 0.4) is 0 Å². The fourth-order valence-electron chi connectivity index (χ4n) is 1.11. The average Bonchev–Trinajstić information content (AvgIpc) is 2.81. The van der Waals surface area contributed by atoms with Crippen LogP contribution in [0.15, 0.2) is 36.5 Å². The summed E-state index contributed by atoms with van der Waals surface area (Å²) >= 11 is 0. The Labute approximate surface area is 105 Å². The van der Waals surface area contributed by atoms with Crippen molar-refractivity contribution in [3.8, 4) is 0 Å². The molecule has 17 heavy (non-hydrogen) atoms. The van der Waals surface area contributed by atoms with Crippen LogP contribution in [-0.4, -0.2) is 11.3 Å². The van der Waals surface area contributed by atoms with Crippen LogP contribution in [0.4, 0.5) is 0 Å². The van der Waals surface area contributed by atoms with Gasteiger partial charge in [-0.15, -0.1) is 0 Å². The maximum Gasteiger partial charge on any atom is 0.119 e. The maximum absolute atomic E-state index is 9.40. The molecule has 1 heterocycles. The van der Waals surface area contributed by atoms with E-state index in [1.807, 2.05) is 39.1 Å². The third kappa shape index (κ3) is 7.34. The number of carbonyl (C=O) groups is 1. The highest BCUT2D eigenvalue weighted by molar-refractivity contribution is 5.78. The maximum atomic E-state index is 9.40. The molecule has 1 aromatic heterocycles. The fraction of sp³-hybridized carbons (Fsp3) is 0.400. The molecule has 2 rings (SSSR count). The van der Waals surface area contributed by atoms with Gasteiger partial charge in [0.05, 0.1) is 0 Å². The van der Waals surface area contributed by atoms with Crippen LogP contribution in [0, 0.1) is 0 Å². The van der Waals surface area contributed by atoms with E-state index in [-0.39, 0.29) is 7.43 Å². The Morgan fingerprint density at radius 1 is 1.18 bits per heavy atom. The molecule has 0 amide bonds. The first kappa shape index (κ1) is 17.8. The van der Waals surface area contributed by atoms with Crippen molar-refractivity contribution in [1.82, 2.24) is 4.98 Å². The second kappa shape index (κ2) is 12.5. The monoisotopic (exact) mass is 235 g/mol. The summed E-state index contributed by atoms with van der Waals surface area (Å²) in [7, 11) is 0. The molecule has 2 aromatic rings. The zero-order chi connectivity index (χ0) is 12.2. The molecule has 2 nitrogen and oxygen atoms in total. The molecule has 0 unspecified atom stereocenters. The van der Waals surface area contributed by atoms with Crippen LogP contribution in [0.25, 0.3) is 10.9 Å². The summed E-state index contributed by atoms with van der Waals surface area (Å²) in [5.41, 5.74) is 1.21. The zero-order valence-corrected chi connectivity index (χ0v) is 10.4. The van der Waals surface area contributed by atoms with E-state index < -0.39 is 0 Å². The number of para-hydroxylation sites is 1. The number of hydrogen-bond acceptors (Lipinski definition) is 1. The van der Waals surface area contributed by atoms with Gasteiger partial charge in [-0.1, -0.05) is 46.4 Å². The molecule has 96 valence electrons. The number of benzene rings is 1. The van der Waals surface area contributed by atoms with Gasteiger partial charge in [0.2, 0.25) is 0 Å². The number of rotatable bonds is 2. The third-order valence-electron chi connectivity index (χ3n) is 1.87. The predicted molar refractivity (Wildman–Crippen MR) is 77.3 cm³/mol. The highest BCUT2D eigenvalue weighted by Gasteiger charge is 1.86. The summed E-state index contributed by atoms with van der Waals surface area (Å²) in [6.07, 6.45) is 4.56. The van der Waals surface area contributed by atoms with E-state index in [9.17, 15) is 4.79 Å². The van der Waals surface area contributed by atoms with E-state index in [0.717, 1.165) is 12.7 Å². The van der Waals surface area contributed by atoms with Gasteiger partial charge in [0.1, 0.15) is 6.29 Å². The van der Waals surface area contributed by atoms with Gasteiger partial charge in [-0.2, -0.15) is 0 Å². The molecule has 0 spiro atoms. The summed E-state index contributed by atoms with van der Waals surface area (Å²) in [5.74, 6) is 0. The molecule has 0 radical (unpaired) electrons. The topological polar surface area (TPSA) is 32.9 Å². The molecule has 0 fully saturated rings. The number of H-pyrrole nitrogens is 1. The Kier molecular flexibility index (Phi) is 13.1. The SMILES string of the molecule is C.CC.CCCC=O.c1ccc2[nH]ccc2c1. The van der Waals surface area contributed by atoms with Crippen LogP contribution in [0.2, 0.25) is 0 Å². The minimum atomic E-state index is 0. The van der Waals surface area contributed by atoms with E-state index >= 15 is 0 Å². The predicted octanol–water partition coefficient (Wildman–Crippen LogP) is 4.82. The Bertz CT molecular complexity index is 349. The largest absolute Gasteiger partial charge is 0.361 e. The molecular formula is C15H25NO. The van der Waals surface area contributed by atoms with Gasteiger partial charge in [-0.3, -0.25) is 0 Å². The van der Waals surface area contributed by atoms with Crippen LogP contribution in [0.1, 0.15) is 41.0 Å². The first-order valence-electron chi connectivity index (χ1n) is 5.84. The van der Waals surface area contributed by atoms with Gasteiger partial charge < -0.3 is 9.78 Å². The number of fused-ring (bicyclic) bond motifs is 1. The first-order valence-corrected chi connectivity index (χ1v) is 5.84. The van der Waals surface area contributed by atoms with Crippen LogP contribution >= 0.6 is 0 Å². The van der Waals surface area contributed by atoms with Gasteiger partial charge in [0, 0.05) is 18.1 Å². The second-order valence-electron chi connectivity index (χ2n) is 3.02. The van der Waals surface area contributed by atoms with Gasteiger partial charge in [0.15, 0.2) is 0 Å². The lowest BCUT2D eigenvalue weighted by Crippen LogP contribution is -1.64. The summed E-state index contributed by atoms with van der Waals surface area (Å²) in [6.45, 7) is 5.98. The quantitative estimate of drug-likeness (QED) is 0.744. The normalized spacial score (nSPS) is 7.94. The molecule has 0 aliphatic heterocycles. The third-order valence-corrected chi connectivity index (χ3v) is 1.87. The lowest BCUT2D eigenvalue weighted by molar-refractivity contribution is -0.107. The van der Waals surface area contributed by atoms with Gasteiger partial charge in [0.25, 0.3) is 0 Å². The van der Waals surface area contributed by atoms with Crippen molar-refractivity contribution in [3.05, 3.63) is 36.5 Å². The Hall–Kier alpha value is -1.57. The Morgan fingerprint density at radius 2 is 1.82 bits per heavy atom. The molecule has 0 saturated carbocycles. The fourth-order valence-corrected chi connectivity index (χ4v) is 1.11. The van der Waals surface area contributed by atoms with E-state index in [1.165, 1.54) is 10.9 Å². The van der Waals surface area contributed by atoms with Crippen molar-refractivity contribution in [2.24, 2.45) is 0 Å². The van der Waals surface area contributed by atoms with Gasteiger partial charge in [-0.05, 0) is 23.9 Å². The zero-order valence-electron chi connectivity index (χ0n) is 10.4. The number of carbonyl (C=O) groups excluding carboxylic acids is 1. The highest BCUT2D eigenvalue weighted by Crippen LogP contribution is 2.09. The standard InChI is InChI=1S/C8H7N.C4H8O.C2H6.CH4/c1-2-4-8-7(3-1)5-6-9-8;1-2-3-4-5;1-2;/h1-6,9H;4H,2-3H2,1H3;1-2H3;1H4. The summed E-state index contributed by atoms with van der Waals surface area (Å²) in [5, 5.41) is 1.28. The van der Waals surface area contributed by atoms with E-state index in [0.29, 0.717) is 6.42 Å². The molecule has 1 N–H and O–H groups in total. The van der Waals surface area contributed by atoms with E-state index in [2.05, 4.69) is 23.2 Å². The molecular weight excluding hydrogens is 210 g/mol. The van der Waals surface area contributed by atoms with E-state index in [1.54, 1.807) is 0 Å². The molecule has 0 aliphatic carbocycles. The summed E-state index contributed by atoms with van der Waals surface area (Å²) < 4.78 is 0. The number of aromatic nitrogens is 1. The highest BCUT2D eigenvalue weighted by atomic mass is 16.1. The van der Waals surface area contributed by atoms with Crippen molar-refractivity contribution < 1.29 is 4.79 Å². The Morgan fingerprint density at radius 3 is 2.29 bits per heavy atom. The van der Waals surface area contributed by atoms with Crippen LogP contribution in [0.5, 0.6) is 0 Å². The van der Waals surface area contributed by atoms with Crippen molar-refractivity contribution >= 4 is 17.2 Å². The number of unbranched alkanes of at least 4 members (excludes halogenated alkanes) is 1. The Balaban J connectivity index is 0. The van der Waals surface area contributed by atoms with Gasteiger partial charge >= 0.3 is 0 Å². The number of nitrogens with one attached hydrogen (secondary N) is 1. The van der Waals surface area contributed by atoms with Gasteiger partial charge in [-0.25, -0.2) is 0 Å². The van der Waals surface area contributed by atoms with Crippen LogP contribution in [-0.2, 0) is 4.79 Å². The summed E-state index contributed by atoms with van der Waals surface area (Å²) in [4.78, 5) is 12.5. The lowest BCUT2D eigenvalue weighted by atomic mass is 10.3. The summed E-state index contributed by atoms with van der Waals surface area (Å²) in [6, 6.07) is 10.3. The smallest absolute Gasteiger partial charge is 0.119 e. The number of hydrogen-bond donors (Lipinski definition) is 1. The second-order valence-corrected chi connectivity index (χ2v) is 3.02. The molecule has 0 atom stereocenters. The molecule has 0 aliphatic rings. The molecule has 1 aromatic carbocycles. The number of aromatic amines is 1. The first-order chi connectivity index (χ1) is 7.88. The van der Waals surface area contributed by atoms with E-state index in [4.69, 9.17) is 0 Å². The molecule has 0 saturated heterocycles. The minimum absolute atomic E-state index is 0. The minimum Gasteiger partial charge on any atom is -0.361 e. The van der Waals surface area contributed by atoms with Crippen molar-refractivity contribution in [3.63, 3.8) is 0 Å². The van der Waals surface area contributed by atoms with Crippen LogP contribution < -0.4 is 0 Å². The molecule has 0 bridgehead atoms. The lowest BCUT2D eigenvalue weighted by Gasteiger charge is -1.83. The van der Waals surface area contributed by atoms with Crippen molar-refractivity contribution in [2.45, 2.75) is 41.0 Å². The molecule has 2 heteroatoms. The van der Waals surface area contributed by atoms with Crippen molar-refractivity contribution in [2.75, 3.05) is 0 Å². The van der Waals surface area contributed by atoms with Crippen molar-refractivity contribution in [1.29, 1.82) is 0 Å². The number of aldehydes is 1.